The van der Waals surface area contributed by atoms with E-state index in [0.717, 1.165) is 5.56 Å². The van der Waals surface area contributed by atoms with E-state index in [4.69, 9.17) is 4.74 Å². The molecule has 144 valence electrons. The van der Waals surface area contributed by atoms with E-state index in [1.807, 2.05) is 25.1 Å². The summed E-state index contributed by atoms with van der Waals surface area (Å²) in [5.41, 5.74) is 0.826. The number of carbonyl (C=O) groups excluding carboxylic acids is 2. The van der Waals surface area contributed by atoms with Crippen LogP contribution in [0.2, 0.25) is 0 Å². The van der Waals surface area contributed by atoms with Crippen molar-refractivity contribution in [2.24, 2.45) is 5.92 Å². The molecule has 0 spiro atoms. The fourth-order valence-electron chi connectivity index (χ4n) is 3.19. The Hall–Kier alpha value is -2.15. The zero-order chi connectivity index (χ0) is 19.1. The van der Waals surface area contributed by atoms with Crippen molar-refractivity contribution in [2.45, 2.75) is 25.8 Å². The molecule has 7 heteroatoms. The molecule has 1 aliphatic heterocycles. The molecule has 0 bridgehead atoms. The van der Waals surface area contributed by atoms with Gasteiger partial charge in [-0.25, -0.2) is 9.18 Å². The van der Waals surface area contributed by atoms with Gasteiger partial charge in [0.05, 0.1) is 12.6 Å². The fourth-order valence-corrected chi connectivity index (χ4v) is 3.19. The van der Waals surface area contributed by atoms with E-state index in [9.17, 15) is 14.0 Å². The van der Waals surface area contributed by atoms with E-state index in [0.29, 0.717) is 39.1 Å². The minimum atomic E-state index is -0.315. The third kappa shape index (κ3) is 5.42. The van der Waals surface area contributed by atoms with Gasteiger partial charge >= 0.3 is 6.09 Å². The number of nitrogens with zero attached hydrogens (tertiary/aromatic N) is 2. The summed E-state index contributed by atoms with van der Waals surface area (Å²) in [5, 5.41) is 2.98. The number of likely N-dealkylation sites (N-methyl/N-ethyl adjacent to an activating group) is 1. The normalized spacial score (nSPS) is 16.4. The summed E-state index contributed by atoms with van der Waals surface area (Å²) in [5.74, 6) is -0.417. The Labute approximate surface area is 154 Å². The second-order valence-electron chi connectivity index (χ2n) is 6.74. The molecule has 1 heterocycles. The van der Waals surface area contributed by atoms with Crippen molar-refractivity contribution in [1.82, 2.24) is 15.1 Å². The van der Waals surface area contributed by atoms with Gasteiger partial charge in [0.25, 0.3) is 0 Å². The van der Waals surface area contributed by atoms with Crippen LogP contribution in [0.25, 0.3) is 0 Å². The monoisotopic (exact) mass is 365 g/mol. The zero-order valence-corrected chi connectivity index (χ0v) is 15.7. The van der Waals surface area contributed by atoms with Crippen LogP contribution in [0.3, 0.4) is 0 Å². The molecule has 1 N–H and O–H groups in total. The van der Waals surface area contributed by atoms with Gasteiger partial charge in [0.1, 0.15) is 5.82 Å². The number of hydrogen-bond donors (Lipinski definition) is 1. The van der Waals surface area contributed by atoms with Gasteiger partial charge in [0.15, 0.2) is 0 Å². The van der Waals surface area contributed by atoms with Crippen LogP contribution in [0.15, 0.2) is 24.3 Å². The topological polar surface area (TPSA) is 61.9 Å². The van der Waals surface area contributed by atoms with Crippen LogP contribution < -0.4 is 5.32 Å². The maximum atomic E-state index is 13.5. The molecule has 0 aromatic heterocycles. The Morgan fingerprint density at radius 1 is 1.35 bits per heavy atom. The molecule has 1 aromatic carbocycles. The molecule has 6 nitrogen and oxygen atoms in total. The summed E-state index contributed by atoms with van der Waals surface area (Å²) < 4.78 is 18.5. The van der Waals surface area contributed by atoms with Crippen molar-refractivity contribution >= 4 is 12.0 Å². The molecule has 1 unspecified atom stereocenters. The van der Waals surface area contributed by atoms with E-state index >= 15 is 0 Å². The lowest BCUT2D eigenvalue weighted by Gasteiger charge is -2.31. The fraction of sp³-hybridized carbons (Fsp3) is 0.579. The minimum Gasteiger partial charge on any atom is -0.450 e. The van der Waals surface area contributed by atoms with Crippen LogP contribution in [0, 0.1) is 11.7 Å². The van der Waals surface area contributed by atoms with Gasteiger partial charge in [0.2, 0.25) is 5.91 Å². The number of hydrogen-bond acceptors (Lipinski definition) is 4. The SMILES string of the molecule is CCOC(=O)N1CCC(C(=O)NCC(c2cccc(F)c2)N(C)C)CC1. The summed E-state index contributed by atoms with van der Waals surface area (Å²) in [6.45, 7) is 3.59. The highest BCUT2D eigenvalue weighted by Crippen LogP contribution is 2.21. The summed E-state index contributed by atoms with van der Waals surface area (Å²) in [6.07, 6.45) is 0.930. The third-order valence-electron chi connectivity index (χ3n) is 4.72. The van der Waals surface area contributed by atoms with Crippen molar-refractivity contribution in [3.05, 3.63) is 35.6 Å². The van der Waals surface area contributed by atoms with E-state index in [2.05, 4.69) is 5.32 Å². The van der Waals surface area contributed by atoms with Gasteiger partial charge < -0.3 is 19.9 Å². The zero-order valence-electron chi connectivity index (χ0n) is 15.7. The molecular weight excluding hydrogens is 337 g/mol. The Balaban J connectivity index is 1.86. The van der Waals surface area contributed by atoms with E-state index in [-0.39, 0.29) is 29.8 Å². The number of rotatable bonds is 6. The second kappa shape index (κ2) is 9.52. The first-order valence-electron chi connectivity index (χ1n) is 9.03. The van der Waals surface area contributed by atoms with Gasteiger partial charge in [-0.3, -0.25) is 4.79 Å². The molecule has 0 saturated carbocycles. The largest absolute Gasteiger partial charge is 0.450 e. The summed E-state index contributed by atoms with van der Waals surface area (Å²) in [6, 6.07) is 6.33. The van der Waals surface area contributed by atoms with Gasteiger partial charge in [0, 0.05) is 25.6 Å². The first-order chi connectivity index (χ1) is 12.4. The van der Waals surface area contributed by atoms with Gasteiger partial charge in [-0.05, 0) is 51.6 Å². The highest BCUT2D eigenvalue weighted by atomic mass is 19.1. The van der Waals surface area contributed by atoms with Crippen molar-refractivity contribution in [3.8, 4) is 0 Å². The van der Waals surface area contributed by atoms with Crippen molar-refractivity contribution in [1.29, 1.82) is 0 Å². The third-order valence-corrected chi connectivity index (χ3v) is 4.72. The average molecular weight is 365 g/mol. The van der Waals surface area contributed by atoms with Gasteiger partial charge in [-0.1, -0.05) is 12.1 Å². The molecule has 1 aromatic rings. The summed E-state index contributed by atoms with van der Waals surface area (Å²) >= 11 is 0. The van der Waals surface area contributed by atoms with Crippen LogP contribution in [0.1, 0.15) is 31.4 Å². The molecular formula is C19H28FN3O3. The number of piperidine rings is 1. The Kier molecular flexibility index (Phi) is 7.38. The summed E-state index contributed by atoms with van der Waals surface area (Å²) in [4.78, 5) is 27.8. The number of carbonyl (C=O) groups is 2. The number of benzene rings is 1. The van der Waals surface area contributed by atoms with Crippen LogP contribution in [-0.2, 0) is 9.53 Å². The first kappa shape index (κ1) is 20.2. The van der Waals surface area contributed by atoms with Gasteiger partial charge in [-0.2, -0.15) is 0 Å². The quantitative estimate of drug-likeness (QED) is 0.841. The van der Waals surface area contributed by atoms with E-state index < -0.39 is 0 Å². The highest BCUT2D eigenvalue weighted by Gasteiger charge is 2.28. The Bertz CT molecular complexity index is 616. The highest BCUT2D eigenvalue weighted by molar-refractivity contribution is 5.79. The number of halogens is 1. The first-order valence-corrected chi connectivity index (χ1v) is 9.03. The predicted molar refractivity (Wildman–Crippen MR) is 97.2 cm³/mol. The van der Waals surface area contributed by atoms with Crippen molar-refractivity contribution in [3.63, 3.8) is 0 Å². The molecule has 26 heavy (non-hydrogen) atoms. The Morgan fingerprint density at radius 2 is 2.04 bits per heavy atom. The lowest BCUT2D eigenvalue weighted by atomic mass is 9.96. The smallest absolute Gasteiger partial charge is 0.409 e. The molecule has 1 fully saturated rings. The molecule has 2 rings (SSSR count). The van der Waals surface area contributed by atoms with Crippen molar-refractivity contribution < 1.29 is 18.7 Å². The lowest BCUT2D eigenvalue weighted by Crippen LogP contribution is -2.44. The van der Waals surface area contributed by atoms with Gasteiger partial charge in [-0.15, -0.1) is 0 Å². The van der Waals surface area contributed by atoms with Crippen LogP contribution >= 0.6 is 0 Å². The Morgan fingerprint density at radius 3 is 2.62 bits per heavy atom. The number of ether oxygens (including phenoxy) is 1. The molecule has 1 atom stereocenters. The average Bonchev–Trinajstić information content (AvgIpc) is 2.62. The van der Waals surface area contributed by atoms with E-state index in [1.54, 1.807) is 17.9 Å². The standard InChI is InChI=1S/C19H28FN3O3/c1-4-26-19(25)23-10-8-14(9-11-23)18(24)21-13-17(22(2)3)15-6-5-7-16(20)12-15/h5-7,12,14,17H,4,8-11,13H2,1-3H3,(H,21,24). The maximum absolute atomic E-state index is 13.5. The minimum absolute atomic E-state index is 0.0169. The maximum Gasteiger partial charge on any atom is 0.409 e. The number of likely N-dealkylation sites (tertiary alicyclic amines) is 1. The molecule has 1 aliphatic rings. The summed E-state index contributed by atoms with van der Waals surface area (Å²) in [7, 11) is 3.80. The molecule has 0 radical (unpaired) electrons. The molecule has 2 amide bonds. The lowest BCUT2D eigenvalue weighted by molar-refractivity contribution is -0.126. The molecule has 0 aliphatic carbocycles. The molecule has 1 saturated heterocycles. The van der Waals surface area contributed by atoms with E-state index in [1.165, 1.54) is 12.1 Å². The van der Waals surface area contributed by atoms with Crippen LogP contribution in [-0.4, -0.2) is 62.1 Å². The number of amides is 2. The predicted octanol–water partition coefficient (Wildman–Crippen LogP) is 2.41. The second-order valence-corrected chi connectivity index (χ2v) is 6.74. The van der Waals surface area contributed by atoms with Crippen LogP contribution in [0.4, 0.5) is 9.18 Å². The number of nitrogens with one attached hydrogen (secondary N) is 1. The van der Waals surface area contributed by atoms with Crippen molar-refractivity contribution in [2.75, 3.05) is 40.3 Å². The van der Waals surface area contributed by atoms with Crippen LogP contribution in [0.5, 0.6) is 0 Å².